The molecule has 1 aliphatic rings. The fraction of sp³-hybridized carbons (Fsp3) is 0.600. The number of rotatable bonds is 5. The molecule has 0 spiro atoms. The maximum absolute atomic E-state index is 5.92. The molecule has 1 atom stereocenters. The second-order valence-electron chi connectivity index (χ2n) is 5.67. The molecule has 1 saturated heterocycles. The number of hydrogen-bond donors (Lipinski definition) is 1. The normalized spacial score (nSPS) is 23.8. The lowest BCUT2D eigenvalue weighted by molar-refractivity contribution is 0.178. The van der Waals surface area contributed by atoms with E-state index in [1.165, 1.54) is 18.5 Å². The van der Waals surface area contributed by atoms with Crippen molar-refractivity contribution in [1.29, 1.82) is 0 Å². The molecule has 0 amide bonds. The van der Waals surface area contributed by atoms with Gasteiger partial charge in [-0.25, -0.2) is 0 Å². The van der Waals surface area contributed by atoms with Crippen LogP contribution in [-0.4, -0.2) is 31.1 Å². The summed E-state index contributed by atoms with van der Waals surface area (Å²) in [5.74, 6) is 0. The Labute approximate surface area is 115 Å². The van der Waals surface area contributed by atoms with Gasteiger partial charge in [0, 0.05) is 24.7 Å². The van der Waals surface area contributed by atoms with E-state index in [-0.39, 0.29) is 0 Å². The van der Waals surface area contributed by atoms with E-state index in [9.17, 15) is 0 Å². The van der Waals surface area contributed by atoms with Crippen LogP contribution >= 0.6 is 11.6 Å². The van der Waals surface area contributed by atoms with Gasteiger partial charge < -0.3 is 5.32 Å². The van der Waals surface area contributed by atoms with E-state index in [1.54, 1.807) is 0 Å². The topological polar surface area (TPSA) is 15.3 Å². The summed E-state index contributed by atoms with van der Waals surface area (Å²) in [5.41, 5.74) is 1.78. The van der Waals surface area contributed by atoms with Crippen molar-refractivity contribution in [2.45, 2.75) is 26.8 Å². The van der Waals surface area contributed by atoms with Crippen molar-refractivity contribution >= 4 is 11.6 Å². The Hall–Kier alpha value is -0.570. The standard InChI is InChI=1S/C15H23ClN2/c1-3-18(12-15(2)8-9-17-11-15)10-13-4-6-14(16)7-5-13/h4-7,17H,3,8-12H2,1-2H3. The van der Waals surface area contributed by atoms with Crippen molar-refractivity contribution in [1.82, 2.24) is 10.2 Å². The third-order valence-corrected chi connectivity index (χ3v) is 4.08. The Morgan fingerprint density at radius 1 is 1.33 bits per heavy atom. The first kappa shape index (κ1) is 13.9. The van der Waals surface area contributed by atoms with E-state index in [2.05, 4.69) is 36.2 Å². The van der Waals surface area contributed by atoms with Crippen LogP contribution < -0.4 is 5.32 Å². The molecule has 3 heteroatoms. The first-order valence-corrected chi connectivity index (χ1v) is 7.17. The Balaban J connectivity index is 1.94. The molecular formula is C15H23ClN2. The second-order valence-corrected chi connectivity index (χ2v) is 6.10. The molecule has 2 rings (SSSR count). The molecule has 1 heterocycles. The summed E-state index contributed by atoms with van der Waals surface area (Å²) >= 11 is 5.92. The highest BCUT2D eigenvalue weighted by Gasteiger charge is 2.30. The lowest BCUT2D eigenvalue weighted by Crippen LogP contribution is -2.37. The quantitative estimate of drug-likeness (QED) is 0.881. The number of benzene rings is 1. The number of nitrogens with one attached hydrogen (secondary N) is 1. The van der Waals surface area contributed by atoms with Crippen LogP contribution in [0.15, 0.2) is 24.3 Å². The van der Waals surface area contributed by atoms with Crippen LogP contribution in [0.4, 0.5) is 0 Å². The minimum absolute atomic E-state index is 0.433. The Morgan fingerprint density at radius 2 is 2.06 bits per heavy atom. The molecule has 0 aromatic heterocycles. The predicted molar refractivity (Wildman–Crippen MR) is 78.0 cm³/mol. The molecule has 2 nitrogen and oxygen atoms in total. The molecule has 18 heavy (non-hydrogen) atoms. The highest BCUT2D eigenvalue weighted by molar-refractivity contribution is 6.30. The van der Waals surface area contributed by atoms with E-state index in [0.717, 1.165) is 31.2 Å². The van der Waals surface area contributed by atoms with Gasteiger partial charge in [0.1, 0.15) is 0 Å². The molecule has 1 fully saturated rings. The fourth-order valence-corrected chi connectivity index (χ4v) is 2.80. The molecular weight excluding hydrogens is 244 g/mol. The third-order valence-electron chi connectivity index (χ3n) is 3.83. The summed E-state index contributed by atoms with van der Waals surface area (Å²) in [6.45, 7) is 10.2. The summed E-state index contributed by atoms with van der Waals surface area (Å²) in [4.78, 5) is 2.52. The molecule has 1 unspecified atom stereocenters. The molecule has 1 aliphatic heterocycles. The second kappa shape index (κ2) is 6.05. The molecule has 0 aliphatic carbocycles. The lowest BCUT2D eigenvalue weighted by Gasteiger charge is -2.31. The van der Waals surface area contributed by atoms with Gasteiger partial charge in [0.15, 0.2) is 0 Å². The van der Waals surface area contributed by atoms with Gasteiger partial charge in [-0.2, -0.15) is 0 Å². The highest BCUT2D eigenvalue weighted by Crippen LogP contribution is 2.26. The van der Waals surface area contributed by atoms with Gasteiger partial charge in [-0.05, 0) is 42.6 Å². The van der Waals surface area contributed by atoms with E-state index >= 15 is 0 Å². The number of nitrogens with zero attached hydrogens (tertiary/aromatic N) is 1. The van der Waals surface area contributed by atoms with Gasteiger partial charge in [-0.15, -0.1) is 0 Å². The smallest absolute Gasteiger partial charge is 0.0406 e. The van der Waals surface area contributed by atoms with Crippen LogP contribution in [0.2, 0.25) is 5.02 Å². The minimum atomic E-state index is 0.433. The third kappa shape index (κ3) is 3.71. The van der Waals surface area contributed by atoms with E-state index in [0.29, 0.717) is 5.41 Å². The van der Waals surface area contributed by atoms with Crippen molar-refractivity contribution in [2.24, 2.45) is 5.41 Å². The van der Waals surface area contributed by atoms with Gasteiger partial charge in [0.2, 0.25) is 0 Å². The maximum Gasteiger partial charge on any atom is 0.0406 e. The van der Waals surface area contributed by atoms with E-state index < -0.39 is 0 Å². The van der Waals surface area contributed by atoms with Crippen molar-refractivity contribution in [3.8, 4) is 0 Å². The molecule has 1 N–H and O–H groups in total. The molecule has 100 valence electrons. The number of hydrogen-bond acceptors (Lipinski definition) is 2. The first-order valence-electron chi connectivity index (χ1n) is 6.79. The summed E-state index contributed by atoms with van der Waals surface area (Å²) in [7, 11) is 0. The Bertz CT molecular complexity index is 369. The van der Waals surface area contributed by atoms with Crippen LogP contribution in [0.5, 0.6) is 0 Å². The first-order chi connectivity index (χ1) is 8.61. The zero-order valence-electron chi connectivity index (χ0n) is 11.4. The van der Waals surface area contributed by atoms with Crippen LogP contribution in [0.25, 0.3) is 0 Å². The van der Waals surface area contributed by atoms with Gasteiger partial charge >= 0.3 is 0 Å². The summed E-state index contributed by atoms with van der Waals surface area (Å²) in [6.07, 6.45) is 1.28. The zero-order valence-corrected chi connectivity index (χ0v) is 12.1. The van der Waals surface area contributed by atoms with Crippen molar-refractivity contribution in [3.63, 3.8) is 0 Å². The molecule has 1 aromatic carbocycles. The zero-order chi connectivity index (χ0) is 13.0. The van der Waals surface area contributed by atoms with Crippen LogP contribution in [-0.2, 0) is 6.54 Å². The van der Waals surface area contributed by atoms with Gasteiger partial charge in [0.05, 0.1) is 0 Å². The van der Waals surface area contributed by atoms with Crippen LogP contribution in [0.1, 0.15) is 25.8 Å². The molecule has 0 saturated carbocycles. The van der Waals surface area contributed by atoms with Gasteiger partial charge in [0.25, 0.3) is 0 Å². The average Bonchev–Trinajstić information content (AvgIpc) is 2.78. The summed E-state index contributed by atoms with van der Waals surface area (Å²) in [5, 5.41) is 4.28. The van der Waals surface area contributed by atoms with Crippen LogP contribution in [0, 0.1) is 5.41 Å². The largest absolute Gasteiger partial charge is 0.316 e. The summed E-state index contributed by atoms with van der Waals surface area (Å²) in [6, 6.07) is 8.20. The average molecular weight is 267 g/mol. The fourth-order valence-electron chi connectivity index (χ4n) is 2.67. The number of halogens is 1. The van der Waals surface area contributed by atoms with Crippen molar-refractivity contribution in [3.05, 3.63) is 34.9 Å². The lowest BCUT2D eigenvalue weighted by atomic mass is 9.89. The molecule has 0 radical (unpaired) electrons. The monoisotopic (exact) mass is 266 g/mol. The van der Waals surface area contributed by atoms with Gasteiger partial charge in [-0.1, -0.05) is 37.6 Å². The van der Waals surface area contributed by atoms with Crippen molar-refractivity contribution in [2.75, 3.05) is 26.2 Å². The predicted octanol–water partition coefficient (Wildman–Crippen LogP) is 3.16. The summed E-state index contributed by atoms with van der Waals surface area (Å²) < 4.78 is 0. The Kier molecular flexibility index (Phi) is 4.66. The highest BCUT2D eigenvalue weighted by atomic mass is 35.5. The van der Waals surface area contributed by atoms with Gasteiger partial charge in [-0.3, -0.25) is 4.90 Å². The van der Waals surface area contributed by atoms with Crippen LogP contribution in [0.3, 0.4) is 0 Å². The molecule has 1 aromatic rings. The van der Waals surface area contributed by atoms with Crippen molar-refractivity contribution < 1.29 is 0 Å². The van der Waals surface area contributed by atoms with E-state index in [1.807, 2.05) is 12.1 Å². The van der Waals surface area contributed by atoms with E-state index in [4.69, 9.17) is 11.6 Å². The Morgan fingerprint density at radius 3 is 2.61 bits per heavy atom. The minimum Gasteiger partial charge on any atom is -0.316 e. The maximum atomic E-state index is 5.92. The molecule has 0 bridgehead atoms. The SMILES string of the molecule is CCN(Cc1ccc(Cl)cc1)CC1(C)CCNC1.